The number of hydrazine groups is 1. The number of nitrogens with zero attached hydrogens (tertiary/aromatic N) is 1. The van der Waals surface area contributed by atoms with E-state index in [9.17, 15) is 4.79 Å². The first-order valence-corrected chi connectivity index (χ1v) is 6.62. The fourth-order valence-corrected chi connectivity index (χ4v) is 2.30. The molecule has 0 atom stereocenters. The minimum Gasteiger partial charge on any atom is -0.387 e. The zero-order valence-corrected chi connectivity index (χ0v) is 11.3. The molecule has 0 unspecified atom stereocenters. The summed E-state index contributed by atoms with van der Waals surface area (Å²) >= 11 is 5.91. The standard InChI is InChI=1S/C13H18ClN3O/c1-15-12-9-10(14)5-6-11(12)13(18)16-17-7-3-2-4-8-17/h5-6,9,15H,2-4,7-8H2,1H3,(H,16,18). The maximum absolute atomic E-state index is 12.2. The molecule has 0 saturated carbocycles. The number of hydrogen-bond donors (Lipinski definition) is 2. The third-order valence-electron chi connectivity index (χ3n) is 3.11. The van der Waals surface area contributed by atoms with Gasteiger partial charge >= 0.3 is 0 Å². The molecule has 1 aliphatic heterocycles. The Bertz CT molecular complexity index is 430. The van der Waals surface area contributed by atoms with Crippen molar-refractivity contribution < 1.29 is 4.79 Å². The third kappa shape index (κ3) is 3.15. The van der Waals surface area contributed by atoms with Crippen LogP contribution >= 0.6 is 11.6 Å². The average Bonchev–Trinajstić information content (AvgIpc) is 2.39. The summed E-state index contributed by atoms with van der Waals surface area (Å²) in [4.78, 5) is 12.2. The smallest absolute Gasteiger partial charge is 0.267 e. The lowest BCUT2D eigenvalue weighted by Crippen LogP contribution is -2.45. The van der Waals surface area contributed by atoms with Crippen LogP contribution in [0.5, 0.6) is 0 Å². The van der Waals surface area contributed by atoms with E-state index in [-0.39, 0.29) is 5.91 Å². The van der Waals surface area contributed by atoms with Crippen LogP contribution in [0.25, 0.3) is 0 Å². The number of rotatable bonds is 3. The van der Waals surface area contributed by atoms with E-state index in [0.717, 1.165) is 31.6 Å². The van der Waals surface area contributed by atoms with Gasteiger partial charge in [-0.3, -0.25) is 10.2 Å². The van der Waals surface area contributed by atoms with Gasteiger partial charge in [-0.15, -0.1) is 0 Å². The Balaban J connectivity index is 2.08. The zero-order chi connectivity index (χ0) is 13.0. The van der Waals surface area contributed by atoms with Crippen LogP contribution in [0, 0.1) is 0 Å². The summed E-state index contributed by atoms with van der Waals surface area (Å²) in [6, 6.07) is 5.23. The Morgan fingerprint density at radius 3 is 2.67 bits per heavy atom. The van der Waals surface area contributed by atoms with E-state index in [1.54, 1.807) is 25.2 Å². The first-order valence-electron chi connectivity index (χ1n) is 6.24. The Morgan fingerprint density at radius 1 is 1.28 bits per heavy atom. The molecule has 1 aromatic rings. The molecule has 5 heteroatoms. The van der Waals surface area contributed by atoms with Crippen LogP contribution in [0.2, 0.25) is 5.02 Å². The van der Waals surface area contributed by atoms with Crippen LogP contribution in [0.1, 0.15) is 29.6 Å². The van der Waals surface area contributed by atoms with Crippen LogP contribution in [0.15, 0.2) is 18.2 Å². The monoisotopic (exact) mass is 267 g/mol. The summed E-state index contributed by atoms with van der Waals surface area (Å²) in [7, 11) is 1.78. The van der Waals surface area contributed by atoms with E-state index in [2.05, 4.69) is 10.7 Å². The zero-order valence-electron chi connectivity index (χ0n) is 10.5. The lowest BCUT2D eigenvalue weighted by Gasteiger charge is -2.27. The molecule has 0 aliphatic carbocycles. The predicted octanol–water partition coefficient (Wildman–Crippen LogP) is 2.51. The SMILES string of the molecule is CNc1cc(Cl)ccc1C(=O)NN1CCCCC1. The number of benzene rings is 1. The molecule has 1 amide bonds. The van der Waals surface area contributed by atoms with Crippen molar-refractivity contribution in [1.82, 2.24) is 10.4 Å². The van der Waals surface area contributed by atoms with Crippen LogP contribution in [-0.4, -0.2) is 31.1 Å². The van der Waals surface area contributed by atoms with E-state index < -0.39 is 0 Å². The highest BCUT2D eigenvalue weighted by Gasteiger charge is 2.16. The van der Waals surface area contributed by atoms with Crippen molar-refractivity contribution in [3.63, 3.8) is 0 Å². The maximum Gasteiger partial charge on any atom is 0.267 e. The molecule has 0 aromatic heterocycles. The Labute approximate surface area is 112 Å². The van der Waals surface area contributed by atoms with Crippen molar-refractivity contribution in [2.75, 3.05) is 25.5 Å². The molecular formula is C13H18ClN3O. The summed E-state index contributed by atoms with van der Waals surface area (Å²) in [6.45, 7) is 1.85. The first kappa shape index (κ1) is 13.2. The number of nitrogens with one attached hydrogen (secondary N) is 2. The molecule has 1 fully saturated rings. The van der Waals surface area contributed by atoms with Gasteiger partial charge in [0.25, 0.3) is 5.91 Å². The van der Waals surface area contributed by atoms with Gasteiger partial charge in [0.1, 0.15) is 0 Å². The predicted molar refractivity (Wildman–Crippen MR) is 73.9 cm³/mol. The van der Waals surface area contributed by atoms with Gasteiger partial charge in [0.05, 0.1) is 5.56 Å². The second kappa shape index (κ2) is 6.07. The summed E-state index contributed by atoms with van der Waals surface area (Å²) in [6.07, 6.45) is 3.52. The molecule has 1 saturated heterocycles. The van der Waals surface area contributed by atoms with Gasteiger partial charge in [0, 0.05) is 30.8 Å². The molecule has 1 aliphatic rings. The lowest BCUT2D eigenvalue weighted by atomic mass is 10.1. The molecule has 0 radical (unpaired) electrons. The Hall–Kier alpha value is -1.26. The second-order valence-electron chi connectivity index (χ2n) is 4.43. The Morgan fingerprint density at radius 2 is 2.00 bits per heavy atom. The number of piperidine rings is 1. The van der Waals surface area contributed by atoms with Gasteiger partial charge in [-0.05, 0) is 31.0 Å². The molecule has 0 bridgehead atoms. The summed E-state index contributed by atoms with van der Waals surface area (Å²) in [5, 5.41) is 5.60. The summed E-state index contributed by atoms with van der Waals surface area (Å²) in [5.41, 5.74) is 4.31. The maximum atomic E-state index is 12.2. The van der Waals surface area contributed by atoms with Crippen molar-refractivity contribution in [3.05, 3.63) is 28.8 Å². The van der Waals surface area contributed by atoms with Crippen molar-refractivity contribution in [2.45, 2.75) is 19.3 Å². The fraction of sp³-hybridized carbons (Fsp3) is 0.462. The number of carbonyl (C=O) groups excluding carboxylic acids is 1. The average molecular weight is 268 g/mol. The summed E-state index contributed by atoms with van der Waals surface area (Å²) in [5.74, 6) is -0.0853. The third-order valence-corrected chi connectivity index (χ3v) is 3.35. The highest BCUT2D eigenvalue weighted by atomic mass is 35.5. The van der Waals surface area contributed by atoms with Crippen molar-refractivity contribution in [3.8, 4) is 0 Å². The normalized spacial score (nSPS) is 16.3. The first-order chi connectivity index (χ1) is 8.70. The molecule has 1 heterocycles. The minimum absolute atomic E-state index is 0.0853. The minimum atomic E-state index is -0.0853. The fourth-order valence-electron chi connectivity index (χ4n) is 2.13. The number of hydrogen-bond acceptors (Lipinski definition) is 3. The van der Waals surface area contributed by atoms with Crippen LogP contribution in [-0.2, 0) is 0 Å². The molecular weight excluding hydrogens is 250 g/mol. The summed E-state index contributed by atoms with van der Waals surface area (Å²) < 4.78 is 0. The van der Waals surface area contributed by atoms with Gasteiger partial charge in [0.15, 0.2) is 0 Å². The van der Waals surface area contributed by atoms with Crippen molar-refractivity contribution in [2.24, 2.45) is 0 Å². The number of amides is 1. The number of halogens is 1. The lowest BCUT2D eigenvalue weighted by molar-refractivity contribution is 0.0751. The molecule has 0 spiro atoms. The van der Waals surface area contributed by atoms with Crippen LogP contribution in [0.3, 0.4) is 0 Å². The quantitative estimate of drug-likeness (QED) is 0.885. The van der Waals surface area contributed by atoms with Gasteiger partial charge in [-0.25, -0.2) is 5.01 Å². The molecule has 18 heavy (non-hydrogen) atoms. The highest BCUT2D eigenvalue weighted by molar-refractivity contribution is 6.31. The largest absolute Gasteiger partial charge is 0.387 e. The second-order valence-corrected chi connectivity index (χ2v) is 4.86. The highest BCUT2D eigenvalue weighted by Crippen LogP contribution is 2.20. The number of anilines is 1. The van der Waals surface area contributed by atoms with Crippen LogP contribution < -0.4 is 10.7 Å². The van der Waals surface area contributed by atoms with Gasteiger partial charge in [-0.2, -0.15) is 0 Å². The molecule has 98 valence electrons. The van der Waals surface area contributed by atoms with Gasteiger partial charge in [0.2, 0.25) is 0 Å². The van der Waals surface area contributed by atoms with E-state index in [0.29, 0.717) is 10.6 Å². The van der Waals surface area contributed by atoms with Crippen LogP contribution in [0.4, 0.5) is 5.69 Å². The Kier molecular flexibility index (Phi) is 4.44. The van der Waals surface area contributed by atoms with E-state index in [1.807, 2.05) is 5.01 Å². The molecule has 2 rings (SSSR count). The molecule has 4 nitrogen and oxygen atoms in total. The van der Waals surface area contributed by atoms with Gasteiger partial charge in [-0.1, -0.05) is 18.0 Å². The molecule has 2 N–H and O–H groups in total. The number of carbonyl (C=O) groups is 1. The van der Waals surface area contributed by atoms with Gasteiger partial charge < -0.3 is 5.32 Å². The van der Waals surface area contributed by atoms with E-state index >= 15 is 0 Å². The van der Waals surface area contributed by atoms with Crippen molar-refractivity contribution in [1.29, 1.82) is 0 Å². The van der Waals surface area contributed by atoms with Crippen molar-refractivity contribution >= 4 is 23.2 Å². The van der Waals surface area contributed by atoms with E-state index in [4.69, 9.17) is 11.6 Å². The van der Waals surface area contributed by atoms with E-state index in [1.165, 1.54) is 6.42 Å². The molecule has 1 aromatic carbocycles. The topological polar surface area (TPSA) is 44.4 Å².